The zero-order valence-electron chi connectivity index (χ0n) is 13.3. The van der Waals surface area contributed by atoms with Crippen molar-refractivity contribution < 1.29 is 9.59 Å². The van der Waals surface area contributed by atoms with Crippen molar-refractivity contribution in [3.05, 3.63) is 0 Å². The van der Waals surface area contributed by atoms with Crippen LogP contribution in [0.2, 0.25) is 0 Å². The van der Waals surface area contributed by atoms with Crippen LogP contribution in [0.25, 0.3) is 0 Å². The van der Waals surface area contributed by atoms with Crippen LogP contribution in [0, 0.1) is 5.92 Å². The minimum absolute atomic E-state index is 0.00250. The summed E-state index contributed by atoms with van der Waals surface area (Å²) in [5.74, 6) is 0.581. The quantitative estimate of drug-likeness (QED) is 0.860. The van der Waals surface area contributed by atoms with Crippen molar-refractivity contribution in [1.29, 1.82) is 0 Å². The molecule has 1 aliphatic carbocycles. The summed E-state index contributed by atoms with van der Waals surface area (Å²) in [5, 5.41) is 3.04. The molecule has 0 bridgehead atoms. The first-order valence-electron chi connectivity index (χ1n) is 7.98. The Bertz CT molecular complexity index is 397. The number of rotatable bonds is 4. The lowest BCUT2D eigenvalue weighted by molar-refractivity contribution is -0.161. The second-order valence-electron chi connectivity index (χ2n) is 7.11. The van der Waals surface area contributed by atoms with Gasteiger partial charge in [0, 0.05) is 6.54 Å². The van der Waals surface area contributed by atoms with E-state index in [1.807, 2.05) is 18.7 Å². The van der Waals surface area contributed by atoms with Crippen LogP contribution in [0.5, 0.6) is 0 Å². The number of piperazine rings is 1. The van der Waals surface area contributed by atoms with E-state index in [2.05, 4.69) is 19.2 Å². The summed E-state index contributed by atoms with van der Waals surface area (Å²) < 4.78 is 0. The summed E-state index contributed by atoms with van der Waals surface area (Å²) >= 11 is 0. The Morgan fingerprint density at radius 2 is 1.85 bits per heavy atom. The Balaban J connectivity index is 2.24. The van der Waals surface area contributed by atoms with Crippen LogP contribution >= 0.6 is 0 Å². The summed E-state index contributed by atoms with van der Waals surface area (Å²) in [5.41, 5.74) is -1.33. The lowest BCUT2D eigenvalue weighted by Crippen LogP contribution is -2.73. The maximum absolute atomic E-state index is 13.0. The summed E-state index contributed by atoms with van der Waals surface area (Å²) in [6.07, 6.45) is 5.86. The van der Waals surface area contributed by atoms with E-state index in [9.17, 15) is 9.59 Å². The van der Waals surface area contributed by atoms with Gasteiger partial charge in [0.1, 0.15) is 11.1 Å². The fourth-order valence-electron chi connectivity index (χ4n) is 3.58. The topological polar surface area (TPSA) is 49.4 Å². The Morgan fingerprint density at radius 3 is 2.40 bits per heavy atom. The van der Waals surface area contributed by atoms with Crippen LogP contribution in [-0.2, 0) is 9.59 Å². The molecule has 114 valence electrons. The van der Waals surface area contributed by atoms with Gasteiger partial charge in [-0.2, -0.15) is 0 Å². The minimum atomic E-state index is -0.729. The molecule has 20 heavy (non-hydrogen) atoms. The van der Waals surface area contributed by atoms with E-state index in [0.29, 0.717) is 12.5 Å². The Kier molecular flexibility index (Phi) is 4.12. The molecule has 1 aliphatic heterocycles. The molecule has 4 nitrogen and oxygen atoms in total. The summed E-state index contributed by atoms with van der Waals surface area (Å²) in [6.45, 7) is 8.74. The van der Waals surface area contributed by atoms with Crippen molar-refractivity contribution in [1.82, 2.24) is 10.2 Å². The molecule has 4 heteroatoms. The second-order valence-corrected chi connectivity index (χ2v) is 7.11. The van der Waals surface area contributed by atoms with Crippen molar-refractivity contribution >= 4 is 11.8 Å². The number of amides is 2. The van der Waals surface area contributed by atoms with E-state index in [-0.39, 0.29) is 11.8 Å². The van der Waals surface area contributed by atoms with Crippen LogP contribution < -0.4 is 5.32 Å². The third-order valence-electron chi connectivity index (χ3n) is 4.97. The molecule has 0 aromatic carbocycles. The molecule has 0 radical (unpaired) electrons. The zero-order chi connectivity index (χ0) is 15.0. The lowest BCUT2D eigenvalue weighted by Gasteiger charge is -2.49. The van der Waals surface area contributed by atoms with E-state index in [1.165, 1.54) is 0 Å². The highest BCUT2D eigenvalue weighted by Crippen LogP contribution is 2.37. The van der Waals surface area contributed by atoms with Gasteiger partial charge in [0.2, 0.25) is 11.8 Å². The van der Waals surface area contributed by atoms with Gasteiger partial charge >= 0.3 is 0 Å². The molecule has 2 fully saturated rings. The van der Waals surface area contributed by atoms with Gasteiger partial charge in [0.15, 0.2) is 0 Å². The van der Waals surface area contributed by atoms with E-state index in [1.54, 1.807) is 0 Å². The average molecular weight is 280 g/mol. The monoisotopic (exact) mass is 280 g/mol. The van der Waals surface area contributed by atoms with E-state index in [4.69, 9.17) is 0 Å². The van der Waals surface area contributed by atoms with Gasteiger partial charge in [-0.05, 0) is 39.0 Å². The predicted octanol–water partition coefficient (Wildman–Crippen LogP) is 2.47. The van der Waals surface area contributed by atoms with Crippen molar-refractivity contribution in [2.75, 3.05) is 6.54 Å². The third-order valence-corrected chi connectivity index (χ3v) is 4.97. The maximum atomic E-state index is 13.0. The zero-order valence-corrected chi connectivity index (χ0v) is 13.3. The molecule has 1 saturated heterocycles. The highest BCUT2D eigenvalue weighted by Gasteiger charge is 2.55. The molecule has 0 aromatic rings. The second kappa shape index (κ2) is 5.38. The van der Waals surface area contributed by atoms with Crippen molar-refractivity contribution in [3.8, 4) is 0 Å². The predicted molar refractivity (Wildman–Crippen MR) is 79.2 cm³/mol. The maximum Gasteiger partial charge on any atom is 0.249 e. The van der Waals surface area contributed by atoms with Gasteiger partial charge in [-0.3, -0.25) is 9.59 Å². The highest BCUT2D eigenvalue weighted by molar-refractivity contribution is 6.02. The molecule has 2 rings (SSSR count). The third kappa shape index (κ3) is 2.45. The standard InChI is InChI=1S/C16H28N2O2/c1-5-8-12(2)11-18-14(20)16(9-6-7-10-16)17-13(19)15(18,3)4/h12H,5-11H2,1-4H3,(H,17,19). The number of carbonyl (C=O) groups is 2. The minimum Gasteiger partial charge on any atom is -0.340 e. The first kappa shape index (κ1) is 15.3. The average Bonchev–Trinajstić information content (AvgIpc) is 2.83. The summed E-state index contributed by atoms with van der Waals surface area (Å²) in [4.78, 5) is 27.3. The molecule has 1 saturated carbocycles. The molecule has 1 unspecified atom stereocenters. The molecular weight excluding hydrogens is 252 g/mol. The normalized spacial score (nSPS) is 25.9. The molecule has 0 aromatic heterocycles. The SMILES string of the molecule is CCCC(C)CN1C(=O)C2(CCCC2)NC(=O)C1(C)C. The number of hydrogen-bond donors (Lipinski definition) is 1. The van der Waals surface area contributed by atoms with E-state index >= 15 is 0 Å². The van der Waals surface area contributed by atoms with Crippen LogP contribution in [-0.4, -0.2) is 34.3 Å². The molecule has 1 heterocycles. The van der Waals surface area contributed by atoms with Crippen LogP contribution in [0.3, 0.4) is 0 Å². The Hall–Kier alpha value is -1.06. The molecule has 1 spiro atoms. The summed E-state index contributed by atoms with van der Waals surface area (Å²) in [7, 11) is 0. The Morgan fingerprint density at radius 1 is 1.25 bits per heavy atom. The van der Waals surface area contributed by atoms with E-state index in [0.717, 1.165) is 38.5 Å². The number of hydrogen-bond acceptors (Lipinski definition) is 2. The number of nitrogens with zero attached hydrogens (tertiary/aromatic N) is 1. The van der Waals surface area contributed by atoms with Crippen LogP contribution in [0.15, 0.2) is 0 Å². The fourth-order valence-corrected chi connectivity index (χ4v) is 3.58. The van der Waals surface area contributed by atoms with Crippen molar-refractivity contribution in [2.24, 2.45) is 5.92 Å². The first-order chi connectivity index (χ1) is 9.33. The smallest absolute Gasteiger partial charge is 0.249 e. The molecule has 2 amide bonds. The number of carbonyl (C=O) groups excluding carboxylic acids is 2. The Labute approximate surface area is 122 Å². The van der Waals surface area contributed by atoms with Gasteiger partial charge in [0.05, 0.1) is 0 Å². The molecule has 1 atom stereocenters. The molecular formula is C16H28N2O2. The van der Waals surface area contributed by atoms with E-state index < -0.39 is 11.1 Å². The van der Waals surface area contributed by atoms with Crippen LogP contribution in [0.1, 0.15) is 66.2 Å². The van der Waals surface area contributed by atoms with Gasteiger partial charge in [-0.15, -0.1) is 0 Å². The van der Waals surface area contributed by atoms with Gasteiger partial charge in [0.25, 0.3) is 0 Å². The van der Waals surface area contributed by atoms with Gasteiger partial charge in [-0.25, -0.2) is 0 Å². The lowest BCUT2D eigenvalue weighted by atomic mass is 9.85. The molecule has 2 aliphatic rings. The fraction of sp³-hybridized carbons (Fsp3) is 0.875. The molecule has 1 N–H and O–H groups in total. The van der Waals surface area contributed by atoms with Gasteiger partial charge < -0.3 is 10.2 Å². The van der Waals surface area contributed by atoms with Crippen molar-refractivity contribution in [3.63, 3.8) is 0 Å². The first-order valence-corrected chi connectivity index (χ1v) is 7.98. The highest BCUT2D eigenvalue weighted by atomic mass is 16.2. The largest absolute Gasteiger partial charge is 0.340 e. The van der Waals surface area contributed by atoms with Gasteiger partial charge in [-0.1, -0.05) is 33.1 Å². The summed E-state index contributed by atoms with van der Waals surface area (Å²) in [6, 6.07) is 0. The van der Waals surface area contributed by atoms with Crippen LogP contribution in [0.4, 0.5) is 0 Å². The van der Waals surface area contributed by atoms with Crippen molar-refractivity contribution in [2.45, 2.75) is 77.3 Å². The number of nitrogens with one attached hydrogen (secondary N) is 1.